The highest BCUT2D eigenvalue weighted by atomic mass is 19.4. The molecule has 1 fully saturated rings. The Morgan fingerprint density at radius 1 is 1.17 bits per heavy atom. The third-order valence-corrected chi connectivity index (χ3v) is 5.68. The Labute approximate surface area is 206 Å². The summed E-state index contributed by atoms with van der Waals surface area (Å²) in [7, 11) is 0. The highest BCUT2D eigenvalue weighted by molar-refractivity contribution is 6.23. The van der Waals surface area contributed by atoms with Crippen LogP contribution in [0.5, 0.6) is 5.75 Å². The van der Waals surface area contributed by atoms with Crippen LogP contribution < -0.4 is 20.7 Å². The molecule has 0 aliphatic carbocycles. The van der Waals surface area contributed by atoms with Gasteiger partial charge in [-0.05, 0) is 62.1 Å². The second kappa shape index (κ2) is 10.1. The number of benzene rings is 1. The van der Waals surface area contributed by atoms with E-state index in [9.17, 15) is 27.6 Å². The maximum absolute atomic E-state index is 13.3. The van der Waals surface area contributed by atoms with E-state index in [-0.39, 0.29) is 23.8 Å². The summed E-state index contributed by atoms with van der Waals surface area (Å²) in [4.78, 5) is 45.3. The fourth-order valence-corrected chi connectivity index (χ4v) is 3.81. The van der Waals surface area contributed by atoms with Gasteiger partial charge in [0, 0.05) is 18.9 Å². The summed E-state index contributed by atoms with van der Waals surface area (Å²) in [5, 5.41) is 2.34. The van der Waals surface area contributed by atoms with Crippen LogP contribution in [0.4, 0.5) is 29.3 Å². The van der Waals surface area contributed by atoms with Crippen LogP contribution in [0.2, 0.25) is 0 Å². The number of ether oxygens (including phenoxy) is 1. The zero-order chi connectivity index (χ0) is 26.8. The number of aromatic nitrogens is 1. The molecule has 12 heteroatoms. The van der Waals surface area contributed by atoms with E-state index in [1.54, 1.807) is 38.4 Å². The first-order valence-electron chi connectivity index (χ1n) is 11.2. The van der Waals surface area contributed by atoms with Crippen molar-refractivity contribution >= 4 is 29.2 Å². The predicted octanol–water partition coefficient (Wildman–Crippen LogP) is 4.04. The Morgan fingerprint density at radius 3 is 2.39 bits per heavy atom. The van der Waals surface area contributed by atoms with E-state index in [4.69, 9.17) is 5.73 Å². The molecule has 2 aromatic rings. The molecule has 9 nitrogen and oxygen atoms in total. The zero-order valence-corrected chi connectivity index (χ0v) is 20.3. The molecule has 1 aliphatic rings. The number of hydrogen-bond donors (Lipinski definition) is 2. The van der Waals surface area contributed by atoms with Gasteiger partial charge in [0.25, 0.3) is 5.91 Å². The van der Waals surface area contributed by atoms with Gasteiger partial charge in [-0.15, -0.1) is 13.2 Å². The molecule has 1 saturated heterocycles. The molecule has 0 bridgehead atoms. The normalized spacial score (nSPS) is 16.5. The topological polar surface area (TPSA) is 118 Å². The molecule has 3 N–H and O–H groups in total. The monoisotopic (exact) mass is 507 g/mol. The number of amides is 4. The van der Waals surface area contributed by atoms with Gasteiger partial charge in [0.2, 0.25) is 5.91 Å². The van der Waals surface area contributed by atoms with Crippen LogP contribution in [-0.4, -0.2) is 45.7 Å². The van der Waals surface area contributed by atoms with Crippen LogP contribution in [0, 0.1) is 5.92 Å². The lowest BCUT2D eigenvalue weighted by Crippen LogP contribution is -2.43. The van der Waals surface area contributed by atoms with Crippen LogP contribution >= 0.6 is 0 Å². The molecule has 1 aromatic heterocycles. The fraction of sp³-hybridized carbons (Fsp3) is 0.417. The van der Waals surface area contributed by atoms with Crippen molar-refractivity contribution in [1.82, 2.24) is 9.88 Å². The fourth-order valence-electron chi connectivity index (χ4n) is 3.81. The van der Waals surface area contributed by atoms with E-state index in [1.165, 1.54) is 4.90 Å². The number of nitrogens with two attached hydrogens (primary N) is 1. The number of carbonyl (C=O) groups is 3. The van der Waals surface area contributed by atoms with Crippen molar-refractivity contribution in [3.05, 3.63) is 48.3 Å². The standard InChI is InChI=1S/C24H28F3N5O4/c1-14(2)11-17(28)20(33)30-18-12-16(5-6-19(18)36-24(25,26)27)32-21(34)23(3,4)31(22(32)35)13-15-7-9-29-10-8-15/h5-10,12,14,17H,11,13,28H2,1-4H3,(H,30,33). The first kappa shape index (κ1) is 26.9. The lowest BCUT2D eigenvalue weighted by Gasteiger charge is -2.27. The van der Waals surface area contributed by atoms with E-state index >= 15 is 0 Å². The van der Waals surface area contributed by atoms with Gasteiger partial charge in [-0.2, -0.15) is 0 Å². The van der Waals surface area contributed by atoms with Crippen LogP contribution in [0.3, 0.4) is 0 Å². The summed E-state index contributed by atoms with van der Waals surface area (Å²) in [6, 6.07) is 4.92. The van der Waals surface area contributed by atoms with Crippen molar-refractivity contribution in [2.45, 2.75) is 58.6 Å². The Balaban J connectivity index is 1.96. The van der Waals surface area contributed by atoms with E-state index in [2.05, 4.69) is 15.0 Å². The number of imide groups is 1. The van der Waals surface area contributed by atoms with Gasteiger partial charge < -0.3 is 20.7 Å². The number of carbonyl (C=O) groups excluding carboxylic acids is 3. The summed E-state index contributed by atoms with van der Waals surface area (Å²) >= 11 is 0. The summed E-state index contributed by atoms with van der Waals surface area (Å²) in [6.45, 7) is 6.94. The summed E-state index contributed by atoms with van der Waals surface area (Å²) in [6.07, 6.45) is -1.63. The number of urea groups is 1. The molecule has 194 valence electrons. The Kier molecular flexibility index (Phi) is 7.58. The van der Waals surface area contributed by atoms with Gasteiger partial charge in [-0.3, -0.25) is 14.6 Å². The molecule has 2 heterocycles. The van der Waals surface area contributed by atoms with Gasteiger partial charge in [0.1, 0.15) is 5.54 Å². The molecule has 3 rings (SSSR count). The Morgan fingerprint density at radius 2 is 1.81 bits per heavy atom. The minimum atomic E-state index is -5.04. The lowest BCUT2D eigenvalue weighted by molar-refractivity contribution is -0.274. The Bertz CT molecular complexity index is 1140. The molecule has 1 unspecified atom stereocenters. The number of hydrogen-bond acceptors (Lipinski definition) is 6. The zero-order valence-electron chi connectivity index (χ0n) is 20.3. The largest absolute Gasteiger partial charge is 0.573 e. The SMILES string of the molecule is CC(C)CC(N)C(=O)Nc1cc(N2C(=O)N(Cc3ccncc3)C(C)(C)C2=O)ccc1OC(F)(F)F. The minimum absolute atomic E-state index is 0.0300. The molecule has 1 atom stereocenters. The molecular weight excluding hydrogens is 479 g/mol. The Hall–Kier alpha value is -3.67. The van der Waals surface area contributed by atoms with Crippen LogP contribution in [0.15, 0.2) is 42.7 Å². The second-order valence-corrected chi connectivity index (χ2v) is 9.38. The van der Waals surface area contributed by atoms with Crippen molar-refractivity contribution in [3.63, 3.8) is 0 Å². The number of anilines is 2. The van der Waals surface area contributed by atoms with Gasteiger partial charge in [-0.25, -0.2) is 9.69 Å². The van der Waals surface area contributed by atoms with Crippen molar-refractivity contribution in [2.24, 2.45) is 11.7 Å². The first-order valence-corrected chi connectivity index (χ1v) is 11.2. The van der Waals surface area contributed by atoms with E-state index in [1.807, 2.05) is 13.8 Å². The van der Waals surface area contributed by atoms with Gasteiger partial charge >= 0.3 is 12.4 Å². The van der Waals surface area contributed by atoms with Crippen LogP contribution in [-0.2, 0) is 16.1 Å². The number of nitrogens with one attached hydrogen (secondary N) is 1. The third-order valence-electron chi connectivity index (χ3n) is 5.68. The third kappa shape index (κ3) is 5.93. The first-order chi connectivity index (χ1) is 16.7. The van der Waals surface area contributed by atoms with E-state index < -0.39 is 41.5 Å². The maximum atomic E-state index is 13.3. The van der Waals surface area contributed by atoms with E-state index in [0.717, 1.165) is 28.7 Å². The number of halogens is 3. The average Bonchev–Trinajstić information content (AvgIpc) is 2.93. The molecule has 0 spiro atoms. The number of alkyl halides is 3. The van der Waals surface area contributed by atoms with Gasteiger partial charge in [0.15, 0.2) is 5.75 Å². The molecular formula is C24H28F3N5O4. The quantitative estimate of drug-likeness (QED) is 0.521. The second-order valence-electron chi connectivity index (χ2n) is 9.38. The van der Waals surface area contributed by atoms with Crippen LogP contribution in [0.1, 0.15) is 39.7 Å². The highest BCUT2D eigenvalue weighted by Gasteiger charge is 2.52. The van der Waals surface area contributed by atoms with Crippen molar-refractivity contribution in [2.75, 3.05) is 10.2 Å². The molecule has 0 saturated carbocycles. The van der Waals surface area contributed by atoms with Crippen molar-refractivity contribution in [3.8, 4) is 5.75 Å². The molecule has 36 heavy (non-hydrogen) atoms. The average molecular weight is 508 g/mol. The highest BCUT2D eigenvalue weighted by Crippen LogP contribution is 2.38. The predicted molar refractivity (Wildman–Crippen MR) is 126 cm³/mol. The maximum Gasteiger partial charge on any atom is 0.573 e. The number of nitrogens with zero attached hydrogens (tertiary/aromatic N) is 3. The summed E-state index contributed by atoms with van der Waals surface area (Å²) in [5.41, 5.74) is 4.96. The van der Waals surface area contributed by atoms with Crippen molar-refractivity contribution in [1.29, 1.82) is 0 Å². The summed E-state index contributed by atoms with van der Waals surface area (Å²) in [5.74, 6) is -1.95. The molecule has 1 aliphatic heterocycles. The number of pyridine rings is 1. The minimum Gasteiger partial charge on any atom is -0.404 e. The van der Waals surface area contributed by atoms with Gasteiger partial charge in [0.05, 0.1) is 17.4 Å². The smallest absolute Gasteiger partial charge is 0.404 e. The van der Waals surface area contributed by atoms with Crippen LogP contribution in [0.25, 0.3) is 0 Å². The number of rotatable bonds is 8. The summed E-state index contributed by atoms with van der Waals surface area (Å²) < 4.78 is 43.0. The lowest BCUT2D eigenvalue weighted by atomic mass is 10.0. The van der Waals surface area contributed by atoms with Gasteiger partial charge in [-0.1, -0.05) is 13.8 Å². The van der Waals surface area contributed by atoms with E-state index in [0.29, 0.717) is 6.42 Å². The molecule has 1 aromatic carbocycles. The van der Waals surface area contributed by atoms with Crippen molar-refractivity contribution < 1.29 is 32.3 Å². The molecule has 4 amide bonds. The molecule has 0 radical (unpaired) electrons.